The van der Waals surface area contributed by atoms with Gasteiger partial charge in [-0.3, -0.25) is 0 Å². The van der Waals surface area contributed by atoms with E-state index in [9.17, 15) is 0 Å². The van der Waals surface area contributed by atoms with Gasteiger partial charge >= 0.3 is 6.19 Å². The zero-order chi connectivity index (χ0) is 9.10. The minimum atomic E-state index is 0.950. The molecule has 1 aromatic carbocycles. The molecule has 0 spiro atoms. The van der Waals surface area contributed by atoms with Crippen LogP contribution in [0.25, 0.3) is 11.0 Å². The first-order valence-electron chi connectivity index (χ1n) is 4.06. The Bertz CT molecular complexity index is 399. The van der Waals surface area contributed by atoms with Crippen molar-refractivity contribution in [1.82, 2.24) is 5.01 Å². The maximum Gasteiger partial charge on any atom is 0.500 e. The average molecular weight is 169 g/mol. The van der Waals surface area contributed by atoms with Crippen LogP contribution in [0.15, 0.2) is 48.7 Å². The molecule has 13 heavy (non-hydrogen) atoms. The van der Waals surface area contributed by atoms with Crippen LogP contribution in [-0.4, -0.2) is 5.01 Å². The second kappa shape index (κ2) is 3.16. The molecule has 2 heteroatoms. The predicted octanol–water partition coefficient (Wildman–Crippen LogP) is 2.73. The normalized spacial score (nSPS) is 13.2. The van der Waals surface area contributed by atoms with Crippen LogP contribution in [0.2, 0.25) is 0 Å². The predicted molar refractivity (Wildman–Crippen MR) is 53.7 cm³/mol. The summed E-state index contributed by atoms with van der Waals surface area (Å²) in [5, 5.41) is 1.67. The van der Waals surface area contributed by atoms with E-state index in [0.717, 1.165) is 11.3 Å². The Hall–Kier alpha value is -2.01. The smallest absolute Gasteiger partial charge is 0.0946 e. The highest BCUT2D eigenvalue weighted by atomic mass is 15.5. The third-order valence-electron chi connectivity index (χ3n) is 1.77. The number of allylic oxidation sites excluding steroid dienone is 1. The van der Waals surface area contributed by atoms with Gasteiger partial charge in [-0.05, 0) is 17.7 Å². The van der Waals surface area contributed by atoms with Crippen LogP contribution in [0.1, 0.15) is 5.56 Å². The van der Waals surface area contributed by atoms with Gasteiger partial charge in [0.15, 0.2) is 0 Å². The van der Waals surface area contributed by atoms with Crippen molar-refractivity contribution >= 4 is 6.08 Å². The SMILES string of the molecule is C=C/C(=C/c1ccccc1)N1C#[N+]1. The molecule has 0 aromatic heterocycles. The van der Waals surface area contributed by atoms with Crippen molar-refractivity contribution in [2.45, 2.75) is 0 Å². The Morgan fingerprint density at radius 1 is 1.38 bits per heavy atom. The summed E-state index contributed by atoms with van der Waals surface area (Å²) in [6.45, 7) is 3.71. The first kappa shape index (κ1) is 7.63. The molecule has 1 heterocycles. The average Bonchev–Trinajstić information content (AvgIpc) is 2.99. The summed E-state index contributed by atoms with van der Waals surface area (Å²) in [6.07, 6.45) is 6.50. The highest BCUT2D eigenvalue weighted by Gasteiger charge is 2.29. The van der Waals surface area contributed by atoms with Gasteiger partial charge in [-0.25, -0.2) is 0 Å². The van der Waals surface area contributed by atoms with Gasteiger partial charge in [0.25, 0.3) is 0 Å². The Morgan fingerprint density at radius 2 is 2.08 bits per heavy atom. The summed E-state index contributed by atoms with van der Waals surface area (Å²) in [4.78, 5) is 3.81. The van der Waals surface area contributed by atoms with Gasteiger partial charge in [0, 0.05) is 0 Å². The lowest BCUT2D eigenvalue weighted by Gasteiger charge is -1.91. The van der Waals surface area contributed by atoms with Gasteiger partial charge in [0.2, 0.25) is 5.70 Å². The van der Waals surface area contributed by atoms with E-state index in [4.69, 9.17) is 0 Å². The molecule has 0 amide bonds. The standard InChI is InChI=1S/C11H9N2/c1-2-11(13-9-12-13)8-10-6-4-3-5-7-10/h2-8H,1H2/q+1/b11-8-. The van der Waals surface area contributed by atoms with E-state index in [-0.39, 0.29) is 0 Å². The van der Waals surface area contributed by atoms with Gasteiger partial charge in [-0.1, -0.05) is 36.9 Å². The zero-order valence-electron chi connectivity index (χ0n) is 7.14. The molecule has 2 nitrogen and oxygen atoms in total. The molecule has 0 aliphatic carbocycles. The van der Waals surface area contributed by atoms with E-state index in [1.807, 2.05) is 36.4 Å². The topological polar surface area (TPSA) is 7.37 Å². The molecule has 0 N–H and O–H groups in total. The van der Waals surface area contributed by atoms with Gasteiger partial charge in [0.05, 0.1) is 4.95 Å². The monoisotopic (exact) mass is 169 g/mol. The van der Waals surface area contributed by atoms with Crippen LogP contribution in [0, 0.1) is 6.19 Å². The lowest BCUT2D eigenvalue weighted by molar-refractivity contribution is 0.787. The van der Waals surface area contributed by atoms with Crippen molar-refractivity contribution in [2.75, 3.05) is 0 Å². The van der Waals surface area contributed by atoms with Crippen molar-refractivity contribution in [3.8, 4) is 6.19 Å². The van der Waals surface area contributed by atoms with Gasteiger partial charge in [0.1, 0.15) is 5.01 Å². The molecule has 0 saturated carbocycles. The van der Waals surface area contributed by atoms with E-state index in [2.05, 4.69) is 17.7 Å². The minimum Gasteiger partial charge on any atom is -0.0946 e. The summed E-state index contributed by atoms with van der Waals surface area (Å²) in [5.41, 5.74) is 2.09. The Morgan fingerprint density at radius 3 is 2.62 bits per heavy atom. The van der Waals surface area contributed by atoms with E-state index in [1.54, 1.807) is 11.1 Å². The lowest BCUT2D eigenvalue weighted by atomic mass is 10.2. The maximum absolute atomic E-state index is 3.81. The summed E-state index contributed by atoms with van der Waals surface area (Å²) >= 11 is 0. The Labute approximate surface area is 77.2 Å². The fourth-order valence-corrected chi connectivity index (χ4v) is 1.06. The molecule has 0 unspecified atom stereocenters. The van der Waals surface area contributed by atoms with E-state index >= 15 is 0 Å². The first-order chi connectivity index (χ1) is 6.40. The third-order valence-corrected chi connectivity index (χ3v) is 1.77. The molecular weight excluding hydrogens is 160 g/mol. The Kier molecular flexibility index (Phi) is 1.85. The summed E-state index contributed by atoms with van der Waals surface area (Å²) < 4.78 is 0. The molecule has 1 aliphatic heterocycles. The maximum atomic E-state index is 3.81. The second-order valence-corrected chi connectivity index (χ2v) is 2.70. The number of hydrogen-bond donors (Lipinski definition) is 0. The summed E-state index contributed by atoms with van der Waals surface area (Å²) in [5.74, 6) is 0. The molecule has 0 atom stereocenters. The van der Waals surface area contributed by atoms with E-state index < -0.39 is 0 Å². The number of benzene rings is 1. The quantitative estimate of drug-likeness (QED) is 0.498. The van der Waals surface area contributed by atoms with Gasteiger partial charge < -0.3 is 0 Å². The summed E-state index contributed by atoms with van der Waals surface area (Å²) in [6, 6.07) is 10.1. The number of hydrogen-bond acceptors (Lipinski definition) is 1. The van der Waals surface area contributed by atoms with Crippen LogP contribution >= 0.6 is 0 Å². The highest BCUT2D eigenvalue weighted by Crippen LogP contribution is 2.16. The molecule has 0 fully saturated rings. The largest absolute Gasteiger partial charge is 0.500 e. The third kappa shape index (κ3) is 1.77. The molecule has 1 aliphatic rings. The molecule has 62 valence electrons. The first-order valence-corrected chi connectivity index (χ1v) is 4.06. The second-order valence-electron chi connectivity index (χ2n) is 2.70. The minimum absolute atomic E-state index is 0.950. The van der Waals surface area contributed by atoms with Gasteiger partial charge in [-0.15, -0.1) is 0 Å². The number of rotatable bonds is 3. The number of nitrogens with zero attached hydrogens (tertiary/aromatic N) is 2. The van der Waals surface area contributed by atoms with Crippen LogP contribution in [0.5, 0.6) is 0 Å². The molecule has 0 radical (unpaired) electrons. The van der Waals surface area contributed by atoms with Crippen molar-refractivity contribution in [3.63, 3.8) is 0 Å². The van der Waals surface area contributed by atoms with Crippen molar-refractivity contribution < 1.29 is 0 Å². The Balaban J connectivity index is 2.22. The molecule has 0 bridgehead atoms. The van der Waals surface area contributed by atoms with Crippen molar-refractivity contribution in [2.24, 2.45) is 0 Å². The fourth-order valence-electron chi connectivity index (χ4n) is 1.06. The zero-order valence-corrected chi connectivity index (χ0v) is 7.14. The van der Waals surface area contributed by atoms with Crippen LogP contribution in [-0.2, 0) is 0 Å². The lowest BCUT2D eigenvalue weighted by Crippen LogP contribution is -1.93. The van der Waals surface area contributed by atoms with Crippen LogP contribution in [0.4, 0.5) is 0 Å². The van der Waals surface area contributed by atoms with Crippen LogP contribution < -0.4 is 0 Å². The van der Waals surface area contributed by atoms with Crippen LogP contribution in [0.3, 0.4) is 0 Å². The van der Waals surface area contributed by atoms with E-state index in [0.29, 0.717) is 0 Å². The molecule has 1 aromatic rings. The van der Waals surface area contributed by atoms with Gasteiger partial charge in [-0.2, -0.15) is 0 Å². The van der Waals surface area contributed by atoms with E-state index in [1.165, 1.54) is 0 Å². The molecule has 2 rings (SSSR count). The molecular formula is C11H9N2+. The van der Waals surface area contributed by atoms with Crippen molar-refractivity contribution in [3.05, 3.63) is 59.2 Å². The van der Waals surface area contributed by atoms with Crippen molar-refractivity contribution in [1.29, 1.82) is 0 Å². The highest BCUT2D eigenvalue weighted by molar-refractivity contribution is 5.56. The molecule has 0 saturated heterocycles. The summed E-state index contributed by atoms with van der Waals surface area (Å²) in [7, 11) is 0. The fraction of sp³-hybridized carbons (Fsp3) is 0.